The lowest BCUT2D eigenvalue weighted by molar-refractivity contribution is 0.245. The summed E-state index contributed by atoms with van der Waals surface area (Å²) in [5.41, 5.74) is 0.827. The van der Waals surface area contributed by atoms with Gasteiger partial charge in [-0.2, -0.15) is 9.40 Å². The molecule has 0 spiro atoms. The molecule has 0 saturated carbocycles. The third-order valence-electron chi connectivity index (χ3n) is 3.99. The van der Waals surface area contributed by atoms with Crippen molar-refractivity contribution in [3.63, 3.8) is 0 Å². The van der Waals surface area contributed by atoms with E-state index in [1.165, 1.54) is 22.7 Å². The second-order valence-electron chi connectivity index (χ2n) is 5.98. The second-order valence-corrected chi connectivity index (χ2v) is 8.94. The van der Waals surface area contributed by atoms with E-state index in [2.05, 4.69) is 15.7 Å². The number of rotatable bonds is 4. The number of fused-ring (bicyclic) bond motifs is 1. The van der Waals surface area contributed by atoms with Crippen LogP contribution in [0, 0.1) is 6.92 Å². The molecule has 25 heavy (non-hydrogen) atoms. The summed E-state index contributed by atoms with van der Waals surface area (Å²) in [5.74, 6) is 0.625. The third-order valence-corrected chi connectivity index (χ3v) is 7.03. The Hall–Kier alpha value is -1.91. The monoisotopic (exact) mass is 383 g/mol. The van der Waals surface area contributed by atoms with Crippen LogP contribution in [0.25, 0.3) is 0 Å². The molecular weight excluding hydrogens is 362 g/mol. The lowest BCUT2D eigenvalue weighted by Gasteiger charge is -2.29. The zero-order valence-electron chi connectivity index (χ0n) is 14.3. The van der Waals surface area contributed by atoms with Gasteiger partial charge >= 0.3 is 6.03 Å². The Kier molecular flexibility index (Phi) is 4.85. The molecule has 2 amide bonds. The summed E-state index contributed by atoms with van der Waals surface area (Å²) in [6, 6.07) is 2.63. The third kappa shape index (κ3) is 3.42. The normalized spacial score (nSPS) is 19.4. The number of urea groups is 1. The number of hydrogen-bond donors (Lipinski definition) is 2. The molecule has 2 aromatic heterocycles. The number of likely N-dealkylation sites (N-methyl/N-ethyl adjacent to an activating group) is 1. The predicted molar refractivity (Wildman–Crippen MR) is 96.3 cm³/mol. The Morgan fingerprint density at radius 1 is 1.48 bits per heavy atom. The van der Waals surface area contributed by atoms with Crippen molar-refractivity contribution in [2.24, 2.45) is 0 Å². The molecule has 0 aromatic carbocycles. The van der Waals surface area contributed by atoms with Crippen molar-refractivity contribution in [2.75, 3.05) is 18.9 Å². The molecule has 0 fully saturated rings. The summed E-state index contributed by atoms with van der Waals surface area (Å²) in [5, 5.41) is 11.8. The number of anilines is 1. The van der Waals surface area contributed by atoms with Crippen LogP contribution in [0.1, 0.15) is 30.0 Å². The number of nitrogens with one attached hydrogen (secondary N) is 2. The number of sulfonamides is 1. The van der Waals surface area contributed by atoms with Crippen LogP contribution in [-0.2, 0) is 16.6 Å². The molecule has 8 nitrogen and oxygen atoms in total. The van der Waals surface area contributed by atoms with Gasteiger partial charge in [0.15, 0.2) is 0 Å². The zero-order chi connectivity index (χ0) is 18.2. The van der Waals surface area contributed by atoms with Crippen LogP contribution < -0.4 is 10.6 Å². The van der Waals surface area contributed by atoms with Crippen molar-refractivity contribution in [3.05, 3.63) is 28.1 Å². The molecule has 1 aliphatic rings. The molecule has 0 radical (unpaired) electrons. The minimum atomic E-state index is -3.46. The second kappa shape index (κ2) is 6.77. The summed E-state index contributed by atoms with van der Waals surface area (Å²) in [6.07, 6.45) is 0.904. The fraction of sp³-hybridized carbons (Fsp3) is 0.467. The largest absolute Gasteiger partial charge is 0.329 e. The Morgan fingerprint density at radius 3 is 2.96 bits per heavy atom. The molecule has 0 bridgehead atoms. The SMILES string of the molecule is CCCn1nc(C)cc1NC(=O)N[C@@H]1CN(C)S(=O)(=O)c2ccsc21. The minimum Gasteiger partial charge on any atom is -0.329 e. The number of carbonyl (C=O) groups excluding carboxylic acids is 1. The van der Waals surface area contributed by atoms with Crippen LogP contribution in [0.2, 0.25) is 0 Å². The fourth-order valence-corrected chi connectivity index (χ4v) is 5.53. The van der Waals surface area contributed by atoms with Crippen molar-refractivity contribution in [3.8, 4) is 0 Å². The van der Waals surface area contributed by atoms with Gasteiger partial charge in [-0.1, -0.05) is 6.92 Å². The van der Waals surface area contributed by atoms with E-state index in [0.29, 0.717) is 17.2 Å². The number of thiophene rings is 1. The number of carbonyl (C=O) groups is 1. The van der Waals surface area contributed by atoms with Crippen LogP contribution in [-0.4, -0.2) is 42.1 Å². The predicted octanol–water partition coefficient (Wildman–Crippen LogP) is 2.16. The van der Waals surface area contributed by atoms with E-state index in [-0.39, 0.29) is 23.5 Å². The van der Waals surface area contributed by atoms with E-state index in [1.807, 2.05) is 19.9 Å². The summed E-state index contributed by atoms with van der Waals surface area (Å²) in [6.45, 7) is 4.82. The van der Waals surface area contributed by atoms with Gasteiger partial charge in [-0.15, -0.1) is 11.3 Å². The number of aryl methyl sites for hydroxylation is 2. The molecule has 3 heterocycles. The van der Waals surface area contributed by atoms with Crippen LogP contribution >= 0.6 is 11.3 Å². The maximum atomic E-state index is 12.4. The van der Waals surface area contributed by atoms with Crippen molar-refractivity contribution >= 4 is 33.2 Å². The molecule has 10 heteroatoms. The van der Waals surface area contributed by atoms with Gasteiger partial charge in [0, 0.05) is 31.1 Å². The highest BCUT2D eigenvalue weighted by Crippen LogP contribution is 2.35. The van der Waals surface area contributed by atoms with E-state index >= 15 is 0 Å². The van der Waals surface area contributed by atoms with E-state index in [1.54, 1.807) is 16.1 Å². The smallest absolute Gasteiger partial charge is 0.320 e. The maximum absolute atomic E-state index is 12.4. The first kappa shape index (κ1) is 17.9. The number of amides is 2. The summed E-state index contributed by atoms with van der Waals surface area (Å²) < 4.78 is 27.6. The standard InChI is InChI=1S/C15H21N5O3S2/c1-4-6-20-13(8-10(2)18-20)17-15(21)16-11-9-19(3)25(22,23)12-5-7-24-14(11)12/h5,7-8,11H,4,6,9H2,1-3H3,(H2,16,17,21)/t11-/m1/s1. The highest BCUT2D eigenvalue weighted by Gasteiger charge is 2.36. The zero-order valence-corrected chi connectivity index (χ0v) is 15.9. The molecule has 136 valence electrons. The lowest BCUT2D eigenvalue weighted by atomic mass is 10.2. The van der Waals surface area contributed by atoms with Gasteiger partial charge in [-0.3, -0.25) is 5.32 Å². The summed E-state index contributed by atoms with van der Waals surface area (Å²) in [7, 11) is -1.94. The first-order chi connectivity index (χ1) is 11.8. The quantitative estimate of drug-likeness (QED) is 0.846. The molecule has 2 N–H and O–H groups in total. The van der Waals surface area contributed by atoms with Gasteiger partial charge in [0.2, 0.25) is 10.0 Å². The van der Waals surface area contributed by atoms with Gasteiger partial charge in [0.1, 0.15) is 5.82 Å². The van der Waals surface area contributed by atoms with E-state index in [9.17, 15) is 13.2 Å². The fourth-order valence-electron chi connectivity index (χ4n) is 2.83. The van der Waals surface area contributed by atoms with Crippen LogP contribution in [0.4, 0.5) is 10.6 Å². The Balaban J connectivity index is 1.76. The van der Waals surface area contributed by atoms with Crippen LogP contribution in [0.3, 0.4) is 0 Å². The van der Waals surface area contributed by atoms with Crippen molar-refractivity contribution in [2.45, 2.75) is 37.8 Å². The number of hydrogen-bond acceptors (Lipinski definition) is 5. The molecule has 0 aliphatic carbocycles. The average molecular weight is 383 g/mol. The van der Waals surface area contributed by atoms with E-state index < -0.39 is 10.0 Å². The van der Waals surface area contributed by atoms with E-state index in [0.717, 1.165) is 12.1 Å². The van der Waals surface area contributed by atoms with Gasteiger partial charge in [-0.25, -0.2) is 17.9 Å². The molecule has 0 unspecified atom stereocenters. The van der Waals surface area contributed by atoms with Crippen LogP contribution in [0.15, 0.2) is 22.4 Å². The van der Waals surface area contributed by atoms with Crippen molar-refractivity contribution in [1.29, 1.82) is 0 Å². The molecule has 1 atom stereocenters. The Bertz CT molecular complexity index is 887. The Labute approximate surface area is 150 Å². The average Bonchev–Trinajstić information content (AvgIpc) is 3.13. The number of nitrogens with zero attached hydrogens (tertiary/aromatic N) is 3. The summed E-state index contributed by atoms with van der Waals surface area (Å²) in [4.78, 5) is 13.3. The number of aromatic nitrogens is 2. The van der Waals surface area contributed by atoms with Gasteiger partial charge in [0.25, 0.3) is 0 Å². The Morgan fingerprint density at radius 2 is 2.24 bits per heavy atom. The first-order valence-corrected chi connectivity index (χ1v) is 10.3. The molecule has 0 saturated heterocycles. The maximum Gasteiger partial charge on any atom is 0.320 e. The topological polar surface area (TPSA) is 96.3 Å². The first-order valence-electron chi connectivity index (χ1n) is 7.98. The van der Waals surface area contributed by atoms with Crippen molar-refractivity contribution in [1.82, 2.24) is 19.4 Å². The van der Waals surface area contributed by atoms with Crippen LogP contribution in [0.5, 0.6) is 0 Å². The van der Waals surface area contributed by atoms with E-state index in [4.69, 9.17) is 0 Å². The molecule has 2 aromatic rings. The summed E-state index contributed by atoms with van der Waals surface area (Å²) >= 11 is 1.34. The molecule has 1 aliphatic heterocycles. The van der Waals surface area contributed by atoms with Crippen molar-refractivity contribution < 1.29 is 13.2 Å². The minimum absolute atomic E-state index is 0.205. The van der Waals surface area contributed by atoms with Gasteiger partial charge in [-0.05, 0) is 24.8 Å². The van der Waals surface area contributed by atoms with Gasteiger partial charge in [0.05, 0.1) is 16.6 Å². The lowest BCUT2D eigenvalue weighted by Crippen LogP contribution is -2.44. The highest BCUT2D eigenvalue weighted by atomic mass is 32.2. The molecular formula is C15H21N5O3S2. The van der Waals surface area contributed by atoms with Gasteiger partial charge < -0.3 is 5.32 Å². The highest BCUT2D eigenvalue weighted by molar-refractivity contribution is 7.89. The molecule has 3 rings (SSSR count).